The fourth-order valence-electron chi connectivity index (χ4n) is 3.23. The molecule has 0 saturated carbocycles. The zero-order valence-corrected chi connectivity index (χ0v) is 15.5. The second-order valence-corrected chi connectivity index (χ2v) is 6.72. The number of nitrogens with one attached hydrogen (secondary N) is 2. The molecule has 0 unspecified atom stereocenters. The fraction of sp³-hybridized carbons (Fsp3) is 0.333. The SMILES string of the molecule is COC(=O)Cc1ccc(NC(=O)NC[C@@H]2CCN(c3ccccc3)C2)cc1. The molecule has 27 heavy (non-hydrogen) atoms. The summed E-state index contributed by atoms with van der Waals surface area (Å²) in [7, 11) is 1.37. The number of amides is 2. The highest BCUT2D eigenvalue weighted by Crippen LogP contribution is 2.23. The molecule has 0 aliphatic carbocycles. The molecule has 1 atom stereocenters. The Labute approximate surface area is 159 Å². The molecule has 0 bridgehead atoms. The molecule has 0 spiro atoms. The van der Waals surface area contributed by atoms with Gasteiger partial charge in [0.25, 0.3) is 0 Å². The Morgan fingerprint density at radius 1 is 1.11 bits per heavy atom. The maximum atomic E-state index is 12.1. The minimum absolute atomic E-state index is 0.214. The van der Waals surface area contributed by atoms with Crippen LogP contribution in [0.15, 0.2) is 54.6 Å². The molecule has 1 aliphatic heterocycles. The number of methoxy groups -OCH3 is 1. The van der Waals surface area contributed by atoms with E-state index >= 15 is 0 Å². The number of carbonyl (C=O) groups is 2. The lowest BCUT2D eigenvalue weighted by Crippen LogP contribution is -2.34. The van der Waals surface area contributed by atoms with Gasteiger partial charge in [0.15, 0.2) is 0 Å². The van der Waals surface area contributed by atoms with Crippen LogP contribution in [0, 0.1) is 5.92 Å². The maximum Gasteiger partial charge on any atom is 0.319 e. The van der Waals surface area contributed by atoms with Gasteiger partial charge in [0.2, 0.25) is 0 Å². The molecule has 6 heteroatoms. The topological polar surface area (TPSA) is 70.7 Å². The Hall–Kier alpha value is -3.02. The van der Waals surface area contributed by atoms with Crippen LogP contribution in [0.2, 0.25) is 0 Å². The van der Waals surface area contributed by atoms with Crippen LogP contribution in [0.25, 0.3) is 0 Å². The van der Waals surface area contributed by atoms with Gasteiger partial charge in [-0.2, -0.15) is 0 Å². The third-order valence-electron chi connectivity index (χ3n) is 4.75. The van der Waals surface area contributed by atoms with Gasteiger partial charge in [-0.25, -0.2) is 4.79 Å². The number of ether oxygens (including phenoxy) is 1. The molecule has 1 aliphatic rings. The first-order valence-electron chi connectivity index (χ1n) is 9.14. The first-order chi connectivity index (χ1) is 13.1. The number of para-hydroxylation sites is 1. The normalized spacial score (nSPS) is 16.0. The van der Waals surface area contributed by atoms with Crippen molar-refractivity contribution in [3.05, 3.63) is 60.2 Å². The van der Waals surface area contributed by atoms with Gasteiger partial charge in [0.05, 0.1) is 13.5 Å². The Morgan fingerprint density at radius 2 is 1.85 bits per heavy atom. The molecule has 6 nitrogen and oxygen atoms in total. The zero-order valence-electron chi connectivity index (χ0n) is 15.5. The van der Waals surface area contributed by atoms with Gasteiger partial charge >= 0.3 is 12.0 Å². The van der Waals surface area contributed by atoms with Crippen LogP contribution in [0.3, 0.4) is 0 Å². The van der Waals surface area contributed by atoms with Gasteiger partial charge in [0, 0.05) is 31.0 Å². The molecule has 0 aromatic heterocycles. The summed E-state index contributed by atoms with van der Waals surface area (Å²) in [5.41, 5.74) is 2.77. The van der Waals surface area contributed by atoms with Crippen LogP contribution in [0.1, 0.15) is 12.0 Å². The number of carbonyl (C=O) groups excluding carboxylic acids is 2. The van der Waals surface area contributed by atoms with E-state index in [1.54, 1.807) is 24.3 Å². The summed E-state index contributed by atoms with van der Waals surface area (Å²) >= 11 is 0. The van der Waals surface area contributed by atoms with E-state index in [2.05, 4.69) is 32.4 Å². The van der Waals surface area contributed by atoms with E-state index in [-0.39, 0.29) is 18.4 Å². The smallest absolute Gasteiger partial charge is 0.319 e. The molecular formula is C21H25N3O3. The van der Waals surface area contributed by atoms with Gasteiger partial charge in [-0.3, -0.25) is 4.79 Å². The Morgan fingerprint density at radius 3 is 2.56 bits per heavy atom. The average molecular weight is 367 g/mol. The van der Waals surface area contributed by atoms with Crippen LogP contribution in [0.4, 0.5) is 16.2 Å². The second kappa shape index (κ2) is 9.07. The molecule has 142 valence electrons. The molecule has 1 saturated heterocycles. The van der Waals surface area contributed by atoms with Crippen molar-refractivity contribution in [1.29, 1.82) is 0 Å². The standard InChI is InChI=1S/C21H25N3O3/c1-27-20(25)13-16-7-9-18(10-8-16)23-21(26)22-14-17-11-12-24(15-17)19-5-3-2-4-6-19/h2-10,17H,11-15H2,1H3,(H2,22,23,26)/t17-/m0/s1. The summed E-state index contributed by atoms with van der Waals surface area (Å²) < 4.78 is 4.64. The van der Waals surface area contributed by atoms with E-state index < -0.39 is 0 Å². The van der Waals surface area contributed by atoms with Gasteiger partial charge in [0.1, 0.15) is 0 Å². The van der Waals surface area contributed by atoms with Crippen LogP contribution >= 0.6 is 0 Å². The molecular weight excluding hydrogens is 342 g/mol. The van der Waals surface area contributed by atoms with Crippen molar-refractivity contribution in [3.8, 4) is 0 Å². The lowest BCUT2D eigenvalue weighted by atomic mass is 10.1. The average Bonchev–Trinajstić information content (AvgIpc) is 3.17. The minimum Gasteiger partial charge on any atom is -0.469 e. The monoisotopic (exact) mass is 367 g/mol. The highest BCUT2D eigenvalue weighted by molar-refractivity contribution is 5.89. The second-order valence-electron chi connectivity index (χ2n) is 6.72. The number of hydrogen-bond donors (Lipinski definition) is 2. The van der Waals surface area contributed by atoms with Crippen molar-refractivity contribution >= 4 is 23.4 Å². The third-order valence-corrected chi connectivity index (χ3v) is 4.75. The molecule has 0 radical (unpaired) electrons. The minimum atomic E-state index is -0.283. The highest BCUT2D eigenvalue weighted by Gasteiger charge is 2.22. The predicted octanol–water partition coefficient (Wildman–Crippen LogP) is 3.05. The predicted molar refractivity (Wildman–Crippen MR) is 106 cm³/mol. The van der Waals surface area contributed by atoms with Crippen LogP contribution < -0.4 is 15.5 Å². The van der Waals surface area contributed by atoms with E-state index in [0.29, 0.717) is 18.2 Å². The molecule has 2 aromatic carbocycles. The number of anilines is 2. The molecule has 3 rings (SSSR count). The lowest BCUT2D eigenvalue weighted by Gasteiger charge is -2.18. The van der Waals surface area contributed by atoms with Crippen LogP contribution in [0.5, 0.6) is 0 Å². The van der Waals surface area contributed by atoms with Crippen molar-refractivity contribution < 1.29 is 14.3 Å². The molecule has 1 heterocycles. The third kappa shape index (κ3) is 5.48. The largest absolute Gasteiger partial charge is 0.469 e. The Balaban J connectivity index is 1.42. The van der Waals surface area contributed by atoms with E-state index in [4.69, 9.17) is 0 Å². The summed E-state index contributed by atoms with van der Waals surface area (Å²) in [5, 5.41) is 5.77. The van der Waals surface area contributed by atoms with E-state index in [1.165, 1.54) is 12.8 Å². The number of rotatable bonds is 6. The number of urea groups is 1. The summed E-state index contributed by atoms with van der Waals surface area (Å²) in [6, 6.07) is 17.3. The lowest BCUT2D eigenvalue weighted by molar-refractivity contribution is -0.139. The number of esters is 1. The molecule has 2 N–H and O–H groups in total. The summed E-state index contributed by atoms with van der Waals surface area (Å²) in [6.07, 6.45) is 1.29. The van der Waals surface area contributed by atoms with Crippen LogP contribution in [-0.4, -0.2) is 38.7 Å². The first kappa shape index (κ1) is 18.8. The van der Waals surface area contributed by atoms with Crippen molar-refractivity contribution in [2.75, 3.05) is 37.0 Å². The van der Waals surface area contributed by atoms with Gasteiger partial charge in [-0.05, 0) is 42.2 Å². The number of benzene rings is 2. The number of nitrogens with zero attached hydrogens (tertiary/aromatic N) is 1. The molecule has 1 fully saturated rings. The van der Waals surface area contributed by atoms with Gasteiger partial charge < -0.3 is 20.3 Å². The molecule has 2 aromatic rings. The Kier molecular flexibility index (Phi) is 6.30. The van der Waals surface area contributed by atoms with Crippen molar-refractivity contribution in [2.45, 2.75) is 12.8 Å². The van der Waals surface area contributed by atoms with Crippen LogP contribution in [-0.2, 0) is 16.0 Å². The van der Waals surface area contributed by atoms with E-state index in [9.17, 15) is 9.59 Å². The summed E-state index contributed by atoms with van der Waals surface area (Å²) in [6.45, 7) is 2.61. The van der Waals surface area contributed by atoms with Crippen molar-refractivity contribution in [2.24, 2.45) is 5.92 Å². The van der Waals surface area contributed by atoms with E-state index in [1.807, 2.05) is 18.2 Å². The van der Waals surface area contributed by atoms with Crippen molar-refractivity contribution in [1.82, 2.24) is 5.32 Å². The fourth-order valence-corrected chi connectivity index (χ4v) is 3.23. The van der Waals surface area contributed by atoms with Crippen molar-refractivity contribution in [3.63, 3.8) is 0 Å². The summed E-state index contributed by atoms with van der Waals surface area (Å²) in [5.74, 6) is 0.160. The highest BCUT2D eigenvalue weighted by atomic mass is 16.5. The first-order valence-corrected chi connectivity index (χ1v) is 9.14. The molecule has 2 amide bonds. The van der Waals surface area contributed by atoms with Gasteiger partial charge in [-0.1, -0.05) is 30.3 Å². The number of hydrogen-bond acceptors (Lipinski definition) is 4. The maximum absolute atomic E-state index is 12.1. The van der Waals surface area contributed by atoms with Gasteiger partial charge in [-0.15, -0.1) is 0 Å². The quantitative estimate of drug-likeness (QED) is 0.770. The zero-order chi connectivity index (χ0) is 19.1. The Bertz CT molecular complexity index is 762. The summed E-state index contributed by atoms with van der Waals surface area (Å²) in [4.78, 5) is 25.7. The van der Waals surface area contributed by atoms with E-state index in [0.717, 1.165) is 25.1 Å².